The summed E-state index contributed by atoms with van der Waals surface area (Å²) in [6.45, 7) is 8.96. The maximum Gasteiger partial charge on any atom is 0.0727 e. The van der Waals surface area contributed by atoms with Crippen molar-refractivity contribution in [3.63, 3.8) is 0 Å². The van der Waals surface area contributed by atoms with Crippen LogP contribution in [0, 0.1) is 6.92 Å². The number of fused-ring (bicyclic) bond motifs is 1. The number of rotatable bonds is 2. The fourth-order valence-corrected chi connectivity index (χ4v) is 3.18. The van der Waals surface area contributed by atoms with Gasteiger partial charge in [-0.2, -0.15) is 0 Å². The van der Waals surface area contributed by atoms with Gasteiger partial charge in [0.25, 0.3) is 0 Å². The van der Waals surface area contributed by atoms with Gasteiger partial charge in [-0.3, -0.25) is 19.8 Å². The van der Waals surface area contributed by atoms with Crippen LogP contribution >= 0.6 is 0 Å². The molecule has 0 spiro atoms. The molecule has 2 aliphatic heterocycles. The molecule has 2 saturated heterocycles. The van der Waals surface area contributed by atoms with Crippen LogP contribution in [0.15, 0.2) is 12.4 Å². The molecular weight excluding hydrogens is 224 g/mol. The fourth-order valence-electron chi connectivity index (χ4n) is 3.18. The van der Waals surface area contributed by atoms with Gasteiger partial charge in [0, 0.05) is 44.1 Å². The van der Waals surface area contributed by atoms with Crippen molar-refractivity contribution in [1.82, 2.24) is 19.8 Å². The van der Waals surface area contributed by atoms with Gasteiger partial charge in [0.15, 0.2) is 0 Å². The van der Waals surface area contributed by atoms with Crippen LogP contribution < -0.4 is 0 Å². The number of hydrogen-bond donors (Lipinski definition) is 0. The quantitative estimate of drug-likeness (QED) is 0.790. The molecular formula is C14H22N4. The highest BCUT2D eigenvalue weighted by molar-refractivity contribution is 5.02. The van der Waals surface area contributed by atoms with Crippen molar-refractivity contribution < 1.29 is 0 Å². The van der Waals surface area contributed by atoms with Crippen LogP contribution in [0.2, 0.25) is 0 Å². The van der Waals surface area contributed by atoms with Crippen molar-refractivity contribution in [1.29, 1.82) is 0 Å². The molecule has 0 aliphatic carbocycles. The summed E-state index contributed by atoms with van der Waals surface area (Å²) in [6, 6.07) is 1.40. The molecule has 3 heterocycles. The highest BCUT2D eigenvalue weighted by Gasteiger charge is 2.34. The van der Waals surface area contributed by atoms with Crippen molar-refractivity contribution >= 4 is 0 Å². The molecule has 0 aromatic carbocycles. The Morgan fingerprint density at radius 1 is 1.28 bits per heavy atom. The Morgan fingerprint density at radius 3 is 2.94 bits per heavy atom. The van der Waals surface area contributed by atoms with Crippen LogP contribution in [0.5, 0.6) is 0 Å². The van der Waals surface area contributed by atoms with Crippen LogP contribution in [-0.2, 0) is 6.54 Å². The maximum atomic E-state index is 4.47. The third kappa shape index (κ3) is 2.40. The minimum absolute atomic E-state index is 0.627. The van der Waals surface area contributed by atoms with Crippen molar-refractivity contribution in [3.05, 3.63) is 23.8 Å². The second-order valence-electron chi connectivity index (χ2n) is 5.72. The van der Waals surface area contributed by atoms with Crippen LogP contribution in [0.1, 0.15) is 31.2 Å². The van der Waals surface area contributed by atoms with Gasteiger partial charge in [-0.05, 0) is 33.2 Å². The summed E-state index contributed by atoms with van der Waals surface area (Å²) in [5.74, 6) is 0. The van der Waals surface area contributed by atoms with Gasteiger partial charge in [0.05, 0.1) is 11.4 Å². The molecule has 18 heavy (non-hydrogen) atoms. The molecule has 2 aliphatic rings. The Hall–Kier alpha value is -1.00. The summed E-state index contributed by atoms with van der Waals surface area (Å²) in [5.41, 5.74) is 2.09. The van der Waals surface area contributed by atoms with Gasteiger partial charge in [-0.15, -0.1) is 0 Å². The summed E-state index contributed by atoms with van der Waals surface area (Å²) in [5, 5.41) is 0. The largest absolute Gasteiger partial charge is 0.298 e. The molecule has 98 valence electrons. The highest BCUT2D eigenvalue weighted by atomic mass is 15.3. The van der Waals surface area contributed by atoms with E-state index in [1.807, 2.05) is 19.3 Å². The molecule has 0 amide bonds. The van der Waals surface area contributed by atoms with E-state index in [9.17, 15) is 0 Å². The normalized spacial score (nSPS) is 29.4. The Morgan fingerprint density at radius 2 is 2.17 bits per heavy atom. The number of aromatic nitrogens is 2. The van der Waals surface area contributed by atoms with Gasteiger partial charge >= 0.3 is 0 Å². The smallest absolute Gasteiger partial charge is 0.0727 e. The minimum atomic E-state index is 0.627. The predicted molar refractivity (Wildman–Crippen MR) is 71.2 cm³/mol. The standard InChI is InChI=1S/C14H22N4/c1-11-6-16-13(7-15-11)9-18-10-14-4-3-5-17(14)8-12(18)2/h6-7,12,14H,3-5,8-10H2,1-2H3. The summed E-state index contributed by atoms with van der Waals surface area (Å²) in [4.78, 5) is 14.0. The predicted octanol–water partition coefficient (Wildman–Crippen LogP) is 1.45. The molecule has 1 aromatic rings. The van der Waals surface area contributed by atoms with Gasteiger partial charge < -0.3 is 0 Å². The Balaban J connectivity index is 1.66. The Bertz CT molecular complexity index is 403. The number of hydrogen-bond acceptors (Lipinski definition) is 4. The molecule has 2 unspecified atom stereocenters. The molecule has 4 heteroatoms. The van der Waals surface area contributed by atoms with Gasteiger partial charge in [-0.25, -0.2) is 0 Å². The molecule has 0 radical (unpaired) electrons. The molecule has 0 saturated carbocycles. The van der Waals surface area contributed by atoms with Crippen LogP contribution in [0.3, 0.4) is 0 Å². The lowest BCUT2D eigenvalue weighted by molar-refractivity contribution is 0.0531. The van der Waals surface area contributed by atoms with E-state index in [4.69, 9.17) is 0 Å². The Kier molecular flexibility index (Phi) is 3.31. The van der Waals surface area contributed by atoms with E-state index in [2.05, 4.69) is 26.7 Å². The summed E-state index contributed by atoms with van der Waals surface area (Å²) in [6.07, 6.45) is 6.52. The van der Waals surface area contributed by atoms with Gasteiger partial charge in [-0.1, -0.05) is 0 Å². The summed E-state index contributed by atoms with van der Waals surface area (Å²) >= 11 is 0. The molecule has 0 bridgehead atoms. The van der Waals surface area contributed by atoms with E-state index in [0.717, 1.165) is 24.0 Å². The maximum absolute atomic E-state index is 4.47. The average molecular weight is 246 g/mol. The van der Waals surface area contributed by atoms with Crippen molar-refractivity contribution in [2.75, 3.05) is 19.6 Å². The van der Waals surface area contributed by atoms with Crippen LogP contribution in [0.4, 0.5) is 0 Å². The molecule has 2 fully saturated rings. The topological polar surface area (TPSA) is 32.3 Å². The molecule has 3 rings (SSSR count). The number of nitrogens with zero attached hydrogens (tertiary/aromatic N) is 4. The average Bonchev–Trinajstić information content (AvgIpc) is 2.79. The first-order valence-electron chi connectivity index (χ1n) is 6.98. The van der Waals surface area contributed by atoms with Crippen LogP contribution in [-0.4, -0.2) is 51.5 Å². The lowest BCUT2D eigenvalue weighted by Crippen LogP contribution is -2.54. The zero-order valence-electron chi connectivity index (χ0n) is 11.3. The van der Waals surface area contributed by atoms with Crippen molar-refractivity contribution in [2.24, 2.45) is 0 Å². The Labute approximate surface area is 109 Å². The van der Waals surface area contributed by atoms with Gasteiger partial charge in [0.2, 0.25) is 0 Å². The van der Waals surface area contributed by atoms with E-state index in [-0.39, 0.29) is 0 Å². The van der Waals surface area contributed by atoms with Crippen molar-refractivity contribution in [3.8, 4) is 0 Å². The lowest BCUT2D eigenvalue weighted by Gasteiger charge is -2.42. The van der Waals surface area contributed by atoms with Crippen LogP contribution in [0.25, 0.3) is 0 Å². The van der Waals surface area contributed by atoms with E-state index in [1.165, 1.54) is 32.5 Å². The van der Waals surface area contributed by atoms with E-state index >= 15 is 0 Å². The molecule has 4 nitrogen and oxygen atoms in total. The summed E-state index contributed by atoms with van der Waals surface area (Å²) in [7, 11) is 0. The summed E-state index contributed by atoms with van der Waals surface area (Å²) < 4.78 is 0. The SMILES string of the molecule is Cc1cnc(CN2CC3CCCN3CC2C)cn1. The molecule has 2 atom stereocenters. The second kappa shape index (κ2) is 4.94. The molecule has 1 aromatic heterocycles. The van der Waals surface area contributed by atoms with E-state index < -0.39 is 0 Å². The first kappa shape index (κ1) is 12.1. The first-order valence-corrected chi connectivity index (χ1v) is 6.98. The number of aryl methyl sites for hydroxylation is 1. The van der Waals surface area contributed by atoms with E-state index in [1.54, 1.807) is 0 Å². The fraction of sp³-hybridized carbons (Fsp3) is 0.714. The number of piperazine rings is 1. The van der Waals surface area contributed by atoms with E-state index in [0.29, 0.717) is 6.04 Å². The highest BCUT2D eigenvalue weighted by Crippen LogP contribution is 2.25. The first-order chi connectivity index (χ1) is 8.72. The third-order valence-corrected chi connectivity index (χ3v) is 4.27. The monoisotopic (exact) mass is 246 g/mol. The zero-order valence-corrected chi connectivity index (χ0v) is 11.3. The minimum Gasteiger partial charge on any atom is -0.298 e. The third-order valence-electron chi connectivity index (χ3n) is 4.27. The van der Waals surface area contributed by atoms with Gasteiger partial charge in [0.1, 0.15) is 0 Å². The second-order valence-corrected chi connectivity index (χ2v) is 5.72. The lowest BCUT2D eigenvalue weighted by atomic mass is 10.1. The molecule has 0 N–H and O–H groups in total. The zero-order chi connectivity index (χ0) is 12.5. The van der Waals surface area contributed by atoms with Crippen molar-refractivity contribution in [2.45, 2.75) is 45.3 Å².